The second-order valence-corrected chi connectivity index (χ2v) is 12.0. The standard InChI is InChI=1S/C24H30N2O6S2/c1-4-32-24(29)26-22(28)21-18-8-6-5-7-9-19(18)33-23(21)25-20(27)14-16-10-12-17(13-11-16)34(30,31)15(2)3/h10-13,15H,4-9,14H2,1-3H3,(H,25,27)(H,26,28,29). The Hall–Kier alpha value is -2.72. The quantitative estimate of drug-likeness (QED) is 0.542. The Morgan fingerprint density at radius 3 is 2.38 bits per heavy atom. The summed E-state index contributed by atoms with van der Waals surface area (Å²) in [6.07, 6.45) is 3.72. The highest BCUT2D eigenvalue weighted by Crippen LogP contribution is 2.37. The summed E-state index contributed by atoms with van der Waals surface area (Å²) in [6.45, 7) is 5.03. The molecule has 2 aromatic rings. The molecular formula is C24H30N2O6S2. The molecule has 0 bridgehead atoms. The maximum Gasteiger partial charge on any atom is 0.414 e. The lowest BCUT2D eigenvalue weighted by atomic mass is 10.0. The van der Waals surface area contributed by atoms with E-state index in [0.717, 1.165) is 36.1 Å². The SMILES string of the molecule is CCOC(=O)NC(=O)c1c(NC(=O)Cc2ccc(S(=O)(=O)C(C)C)cc2)sc2c1CCCCC2. The van der Waals surface area contributed by atoms with Gasteiger partial charge in [-0.3, -0.25) is 14.9 Å². The first-order valence-corrected chi connectivity index (χ1v) is 13.7. The number of carbonyl (C=O) groups excluding carboxylic acids is 3. The van der Waals surface area contributed by atoms with Gasteiger partial charge in [0.25, 0.3) is 5.91 Å². The highest BCUT2D eigenvalue weighted by atomic mass is 32.2. The molecule has 1 aliphatic carbocycles. The van der Waals surface area contributed by atoms with Crippen LogP contribution >= 0.6 is 11.3 Å². The van der Waals surface area contributed by atoms with Crippen LogP contribution in [0, 0.1) is 0 Å². The summed E-state index contributed by atoms with van der Waals surface area (Å²) in [5.41, 5.74) is 1.85. The number of imide groups is 1. The Bertz CT molecular complexity index is 1170. The summed E-state index contributed by atoms with van der Waals surface area (Å²) in [5, 5.41) is 4.96. The molecule has 1 aromatic heterocycles. The number of aryl methyl sites for hydroxylation is 1. The number of anilines is 1. The fraction of sp³-hybridized carbons (Fsp3) is 0.458. The molecule has 8 nitrogen and oxygen atoms in total. The highest BCUT2D eigenvalue weighted by molar-refractivity contribution is 7.92. The molecule has 184 valence electrons. The van der Waals surface area contributed by atoms with Crippen molar-refractivity contribution in [1.82, 2.24) is 5.32 Å². The fourth-order valence-corrected chi connectivity index (χ4v) is 6.18. The summed E-state index contributed by atoms with van der Waals surface area (Å²) in [5.74, 6) is -0.919. The van der Waals surface area contributed by atoms with Crippen molar-refractivity contribution in [3.8, 4) is 0 Å². The molecule has 34 heavy (non-hydrogen) atoms. The normalized spacial score (nSPS) is 13.6. The van der Waals surface area contributed by atoms with Crippen molar-refractivity contribution in [2.45, 2.75) is 69.4 Å². The van der Waals surface area contributed by atoms with Gasteiger partial charge >= 0.3 is 6.09 Å². The van der Waals surface area contributed by atoms with Crippen molar-refractivity contribution >= 4 is 44.1 Å². The molecule has 2 N–H and O–H groups in total. The molecule has 0 unspecified atom stereocenters. The molecule has 0 fully saturated rings. The first-order valence-electron chi connectivity index (χ1n) is 11.4. The Morgan fingerprint density at radius 1 is 1.06 bits per heavy atom. The lowest BCUT2D eigenvalue weighted by Gasteiger charge is -2.10. The first kappa shape index (κ1) is 25.9. The number of carbonyl (C=O) groups is 3. The molecule has 10 heteroatoms. The zero-order valence-electron chi connectivity index (χ0n) is 19.6. The van der Waals surface area contributed by atoms with Crippen molar-refractivity contribution < 1.29 is 27.5 Å². The molecule has 1 aliphatic rings. The molecule has 0 spiro atoms. The van der Waals surface area contributed by atoms with E-state index in [1.165, 1.54) is 23.5 Å². The van der Waals surface area contributed by atoms with Crippen molar-refractivity contribution in [3.63, 3.8) is 0 Å². The van der Waals surface area contributed by atoms with Gasteiger partial charge in [-0.1, -0.05) is 18.6 Å². The van der Waals surface area contributed by atoms with Crippen LogP contribution in [0.25, 0.3) is 0 Å². The zero-order chi connectivity index (χ0) is 24.9. The average molecular weight is 507 g/mol. The molecular weight excluding hydrogens is 476 g/mol. The van der Waals surface area contributed by atoms with Crippen molar-refractivity contribution in [2.75, 3.05) is 11.9 Å². The maximum absolute atomic E-state index is 12.9. The summed E-state index contributed by atoms with van der Waals surface area (Å²) in [7, 11) is -3.39. The monoisotopic (exact) mass is 506 g/mol. The minimum atomic E-state index is -3.39. The summed E-state index contributed by atoms with van der Waals surface area (Å²) in [4.78, 5) is 38.8. The largest absolute Gasteiger partial charge is 0.450 e. The van der Waals surface area contributed by atoms with Crippen LogP contribution in [0.1, 0.15) is 66.4 Å². The van der Waals surface area contributed by atoms with Crippen LogP contribution in [0.3, 0.4) is 0 Å². The van der Waals surface area contributed by atoms with E-state index in [-0.39, 0.29) is 23.8 Å². The number of alkyl carbamates (subject to hydrolysis) is 1. The van der Waals surface area contributed by atoms with Crippen LogP contribution in [0.2, 0.25) is 0 Å². The van der Waals surface area contributed by atoms with Crippen molar-refractivity contribution in [1.29, 1.82) is 0 Å². The average Bonchev–Trinajstić information content (AvgIpc) is 2.94. The molecule has 0 aliphatic heterocycles. The molecule has 3 rings (SSSR count). The van der Waals surface area contributed by atoms with Crippen LogP contribution in [0.15, 0.2) is 29.2 Å². The van der Waals surface area contributed by atoms with E-state index < -0.39 is 27.1 Å². The van der Waals surface area contributed by atoms with E-state index in [1.807, 2.05) is 0 Å². The molecule has 0 saturated heterocycles. The van der Waals surface area contributed by atoms with E-state index in [1.54, 1.807) is 32.9 Å². The minimum absolute atomic E-state index is 0.0174. The summed E-state index contributed by atoms with van der Waals surface area (Å²) < 4.78 is 29.4. The Kier molecular flexibility index (Phi) is 8.48. The number of thiophene rings is 1. The minimum Gasteiger partial charge on any atom is -0.450 e. The van der Waals surface area contributed by atoms with Crippen LogP contribution in [0.4, 0.5) is 9.80 Å². The lowest BCUT2D eigenvalue weighted by molar-refractivity contribution is -0.115. The molecule has 0 saturated carbocycles. The third-order valence-electron chi connectivity index (χ3n) is 5.63. The van der Waals surface area contributed by atoms with Crippen LogP contribution < -0.4 is 10.6 Å². The van der Waals surface area contributed by atoms with Gasteiger partial charge in [0.05, 0.1) is 28.7 Å². The molecule has 1 aromatic carbocycles. The predicted molar refractivity (Wildman–Crippen MR) is 131 cm³/mol. The maximum atomic E-state index is 12.9. The number of hydrogen-bond acceptors (Lipinski definition) is 7. The second-order valence-electron chi connectivity index (χ2n) is 8.41. The zero-order valence-corrected chi connectivity index (χ0v) is 21.2. The number of benzene rings is 1. The van der Waals surface area contributed by atoms with Gasteiger partial charge in [0, 0.05) is 4.88 Å². The molecule has 0 atom stereocenters. The Balaban J connectivity index is 1.79. The topological polar surface area (TPSA) is 119 Å². The van der Waals surface area contributed by atoms with Gasteiger partial charge in [0.2, 0.25) is 5.91 Å². The predicted octanol–water partition coefficient (Wildman–Crippen LogP) is 4.27. The fourth-order valence-electron chi connectivity index (χ4n) is 3.82. The number of sulfone groups is 1. The highest BCUT2D eigenvalue weighted by Gasteiger charge is 2.27. The van der Waals surface area contributed by atoms with E-state index in [9.17, 15) is 22.8 Å². The van der Waals surface area contributed by atoms with Crippen molar-refractivity contribution in [2.24, 2.45) is 0 Å². The molecule has 0 radical (unpaired) electrons. The van der Waals surface area contributed by atoms with Gasteiger partial charge in [-0.2, -0.15) is 0 Å². The third kappa shape index (κ3) is 6.04. The van der Waals surface area contributed by atoms with Crippen molar-refractivity contribution in [3.05, 3.63) is 45.8 Å². The van der Waals surface area contributed by atoms with Gasteiger partial charge in [0.1, 0.15) is 5.00 Å². The van der Waals surface area contributed by atoms with Crippen LogP contribution in [0.5, 0.6) is 0 Å². The first-order chi connectivity index (χ1) is 16.1. The molecule has 1 heterocycles. The van der Waals surface area contributed by atoms with Gasteiger partial charge in [-0.15, -0.1) is 11.3 Å². The van der Waals surface area contributed by atoms with Crippen LogP contribution in [-0.2, 0) is 38.6 Å². The number of ether oxygens (including phenoxy) is 1. The van der Waals surface area contributed by atoms with E-state index in [0.29, 0.717) is 22.5 Å². The Morgan fingerprint density at radius 2 is 1.74 bits per heavy atom. The van der Waals surface area contributed by atoms with Gasteiger partial charge < -0.3 is 10.1 Å². The third-order valence-corrected chi connectivity index (χ3v) is 9.01. The number of rotatable bonds is 7. The number of amides is 3. The van der Waals surface area contributed by atoms with Gasteiger partial charge in [-0.25, -0.2) is 13.2 Å². The smallest absolute Gasteiger partial charge is 0.414 e. The molecule has 3 amide bonds. The Labute approximate surface area is 204 Å². The van der Waals surface area contributed by atoms with Gasteiger partial charge in [-0.05, 0) is 69.7 Å². The summed E-state index contributed by atoms with van der Waals surface area (Å²) >= 11 is 1.37. The summed E-state index contributed by atoms with van der Waals surface area (Å²) in [6, 6.07) is 6.24. The van der Waals surface area contributed by atoms with E-state index in [4.69, 9.17) is 4.74 Å². The number of hydrogen-bond donors (Lipinski definition) is 2. The van der Waals surface area contributed by atoms with E-state index >= 15 is 0 Å². The van der Waals surface area contributed by atoms with E-state index in [2.05, 4.69) is 10.6 Å². The van der Waals surface area contributed by atoms with Crippen LogP contribution in [-0.4, -0.2) is 38.2 Å². The second kappa shape index (κ2) is 11.1. The van der Waals surface area contributed by atoms with Gasteiger partial charge in [0.15, 0.2) is 9.84 Å². The lowest BCUT2D eigenvalue weighted by Crippen LogP contribution is -2.32. The number of fused-ring (bicyclic) bond motifs is 1. The number of nitrogens with one attached hydrogen (secondary N) is 2.